The van der Waals surface area contributed by atoms with E-state index < -0.39 is 0 Å². The highest BCUT2D eigenvalue weighted by atomic mass is 16.2. The topological polar surface area (TPSA) is 88.0 Å². The van der Waals surface area contributed by atoms with Crippen molar-refractivity contribution in [1.82, 2.24) is 29.7 Å². The Morgan fingerprint density at radius 2 is 2.09 bits per heavy atom. The molecule has 0 saturated heterocycles. The van der Waals surface area contributed by atoms with Crippen molar-refractivity contribution in [2.75, 3.05) is 32.5 Å². The average molecular weight is 474 g/mol. The number of anilines is 2. The summed E-state index contributed by atoms with van der Waals surface area (Å²) in [4.78, 5) is 28.9. The molecule has 1 fully saturated rings. The lowest BCUT2D eigenvalue weighted by atomic mass is 9.61. The molecule has 3 aromatic heterocycles. The van der Waals surface area contributed by atoms with E-state index in [1.807, 2.05) is 18.3 Å². The van der Waals surface area contributed by atoms with Crippen LogP contribution in [0, 0.1) is 11.8 Å². The van der Waals surface area contributed by atoms with Crippen LogP contribution in [0.4, 0.5) is 11.8 Å². The number of amides is 1. The smallest absolute Gasteiger partial charge is 0.270 e. The summed E-state index contributed by atoms with van der Waals surface area (Å²) in [5.74, 6) is 1.98. The molecule has 1 amide bonds. The number of nitrogens with zero attached hydrogens (tertiary/aromatic N) is 5. The highest BCUT2D eigenvalue weighted by Gasteiger charge is 2.50. The SMILES string of the molecule is CC(C)C1(n2c(C(=O)N(C)C)cc3cnc(Nc4ccc(C5=CCNCC5)cn4)nc32)CC[C@H]1C. The summed E-state index contributed by atoms with van der Waals surface area (Å²) in [6.07, 6.45) is 9.11. The van der Waals surface area contributed by atoms with Gasteiger partial charge in [-0.3, -0.25) is 4.79 Å². The van der Waals surface area contributed by atoms with Crippen LogP contribution in [0.25, 0.3) is 16.6 Å². The van der Waals surface area contributed by atoms with E-state index >= 15 is 0 Å². The van der Waals surface area contributed by atoms with Gasteiger partial charge in [0, 0.05) is 38.4 Å². The van der Waals surface area contributed by atoms with Gasteiger partial charge in [-0.25, -0.2) is 9.97 Å². The molecular formula is C27H35N7O. The van der Waals surface area contributed by atoms with Crippen molar-refractivity contribution in [2.24, 2.45) is 11.8 Å². The fourth-order valence-electron chi connectivity index (χ4n) is 5.69. The van der Waals surface area contributed by atoms with Crippen molar-refractivity contribution in [3.8, 4) is 0 Å². The molecule has 8 nitrogen and oxygen atoms in total. The van der Waals surface area contributed by atoms with Crippen LogP contribution in [0.3, 0.4) is 0 Å². The van der Waals surface area contributed by atoms with Crippen molar-refractivity contribution in [1.29, 1.82) is 0 Å². The zero-order valence-electron chi connectivity index (χ0n) is 21.3. The normalized spacial score (nSPS) is 22.1. The summed E-state index contributed by atoms with van der Waals surface area (Å²) in [6.45, 7) is 8.67. The molecule has 1 aliphatic carbocycles. The Labute approximate surface area is 206 Å². The third kappa shape index (κ3) is 3.99. The Morgan fingerprint density at radius 1 is 1.26 bits per heavy atom. The first-order chi connectivity index (χ1) is 16.8. The van der Waals surface area contributed by atoms with Gasteiger partial charge in [-0.15, -0.1) is 0 Å². The van der Waals surface area contributed by atoms with E-state index in [1.54, 1.807) is 25.2 Å². The first kappa shape index (κ1) is 23.5. The monoisotopic (exact) mass is 473 g/mol. The molecule has 2 atom stereocenters. The Bertz CT molecular complexity index is 1270. The van der Waals surface area contributed by atoms with Gasteiger partial charge in [0.15, 0.2) is 0 Å². The third-order valence-electron chi connectivity index (χ3n) is 7.85. The number of hydrogen-bond donors (Lipinski definition) is 2. The van der Waals surface area contributed by atoms with E-state index in [-0.39, 0.29) is 11.4 Å². The number of pyridine rings is 1. The number of carbonyl (C=O) groups excluding carboxylic acids is 1. The van der Waals surface area contributed by atoms with Gasteiger partial charge in [0.05, 0.1) is 5.54 Å². The summed E-state index contributed by atoms with van der Waals surface area (Å²) in [6, 6.07) is 6.00. The number of carbonyl (C=O) groups is 1. The van der Waals surface area contributed by atoms with Crippen LogP contribution in [0.2, 0.25) is 0 Å². The Kier molecular flexibility index (Phi) is 6.09. The van der Waals surface area contributed by atoms with Crippen LogP contribution in [0.5, 0.6) is 0 Å². The van der Waals surface area contributed by atoms with Gasteiger partial charge in [-0.2, -0.15) is 4.98 Å². The lowest BCUT2D eigenvalue weighted by molar-refractivity contribution is 0.00799. The fourth-order valence-corrected chi connectivity index (χ4v) is 5.69. The van der Waals surface area contributed by atoms with Crippen molar-refractivity contribution in [2.45, 2.75) is 45.6 Å². The van der Waals surface area contributed by atoms with E-state index in [4.69, 9.17) is 4.98 Å². The van der Waals surface area contributed by atoms with Gasteiger partial charge >= 0.3 is 0 Å². The molecule has 4 heterocycles. The largest absolute Gasteiger partial charge is 0.343 e. The van der Waals surface area contributed by atoms with Crippen LogP contribution in [0.15, 0.2) is 36.7 Å². The molecule has 3 aromatic rings. The van der Waals surface area contributed by atoms with Crippen molar-refractivity contribution in [3.63, 3.8) is 0 Å². The minimum absolute atomic E-state index is 0.0129. The van der Waals surface area contributed by atoms with Crippen molar-refractivity contribution in [3.05, 3.63) is 47.9 Å². The van der Waals surface area contributed by atoms with Crippen molar-refractivity contribution >= 4 is 34.3 Å². The van der Waals surface area contributed by atoms with Gasteiger partial charge in [0.2, 0.25) is 5.95 Å². The number of aromatic nitrogens is 4. The van der Waals surface area contributed by atoms with Crippen LogP contribution in [-0.2, 0) is 5.54 Å². The molecular weight excluding hydrogens is 438 g/mol. The molecule has 0 spiro atoms. The summed E-state index contributed by atoms with van der Waals surface area (Å²) in [5.41, 5.74) is 3.80. The maximum Gasteiger partial charge on any atom is 0.270 e. The van der Waals surface area contributed by atoms with Crippen LogP contribution in [0.1, 0.15) is 56.1 Å². The van der Waals surface area contributed by atoms with Gasteiger partial charge in [0.25, 0.3) is 5.91 Å². The predicted molar refractivity (Wildman–Crippen MR) is 140 cm³/mol. The van der Waals surface area contributed by atoms with Crippen LogP contribution < -0.4 is 10.6 Å². The first-order valence-corrected chi connectivity index (χ1v) is 12.5. The summed E-state index contributed by atoms with van der Waals surface area (Å²) in [5, 5.41) is 7.48. The minimum atomic E-state index is -0.142. The zero-order valence-corrected chi connectivity index (χ0v) is 21.3. The van der Waals surface area contributed by atoms with E-state index in [1.165, 1.54) is 5.57 Å². The Morgan fingerprint density at radius 3 is 2.66 bits per heavy atom. The lowest BCUT2D eigenvalue weighted by Crippen LogP contribution is -2.53. The van der Waals surface area contributed by atoms with Gasteiger partial charge in [0.1, 0.15) is 17.2 Å². The second-order valence-corrected chi connectivity index (χ2v) is 10.4. The van der Waals surface area contributed by atoms with E-state index in [0.717, 1.165) is 48.9 Å². The van der Waals surface area contributed by atoms with Gasteiger partial charge in [-0.05, 0) is 67.0 Å². The summed E-state index contributed by atoms with van der Waals surface area (Å²) in [7, 11) is 3.59. The molecule has 2 N–H and O–H groups in total. The molecule has 35 heavy (non-hydrogen) atoms. The molecule has 1 saturated carbocycles. The molecule has 184 valence electrons. The third-order valence-corrected chi connectivity index (χ3v) is 7.85. The van der Waals surface area contributed by atoms with Gasteiger partial charge < -0.3 is 20.1 Å². The average Bonchev–Trinajstić information content (AvgIpc) is 3.22. The number of fused-ring (bicyclic) bond motifs is 1. The fraction of sp³-hybridized carbons (Fsp3) is 0.481. The zero-order chi connectivity index (χ0) is 24.7. The highest BCUT2D eigenvalue weighted by molar-refractivity contribution is 5.98. The van der Waals surface area contributed by atoms with Crippen LogP contribution >= 0.6 is 0 Å². The number of nitrogens with one attached hydrogen (secondary N) is 2. The second kappa shape index (κ2) is 9.07. The molecule has 0 radical (unpaired) electrons. The molecule has 1 aliphatic heterocycles. The Balaban J connectivity index is 1.53. The van der Waals surface area contributed by atoms with E-state index in [9.17, 15) is 4.79 Å². The summed E-state index contributed by atoms with van der Waals surface area (Å²) < 4.78 is 2.20. The molecule has 0 aromatic carbocycles. The quantitative estimate of drug-likeness (QED) is 0.551. The maximum absolute atomic E-state index is 13.2. The standard InChI is InChI=1S/C27H35N7O/c1-17(2)27(11-8-18(27)3)34-22(25(35)33(4)5)14-21-16-30-26(32-24(21)34)31-23-7-6-20(15-29-23)19-9-12-28-13-10-19/h6-7,9,14-18,28H,8,10-13H2,1-5H3,(H,29,30,31,32)/t18-,27?/m1/s1. The maximum atomic E-state index is 13.2. The van der Waals surface area contributed by atoms with E-state index in [0.29, 0.717) is 29.3 Å². The molecule has 1 unspecified atom stereocenters. The van der Waals surface area contributed by atoms with Gasteiger partial charge in [-0.1, -0.05) is 26.8 Å². The molecule has 8 heteroatoms. The first-order valence-electron chi connectivity index (χ1n) is 12.5. The second-order valence-electron chi connectivity index (χ2n) is 10.4. The minimum Gasteiger partial charge on any atom is -0.343 e. The highest BCUT2D eigenvalue weighted by Crippen LogP contribution is 2.52. The van der Waals surface area contributed by atoms with E-state index in [2.05, 4.69) is 58.1 Å². The molecule has 0 bridgehead atoms. The summed E-state index contributed by atoms with van der Waals surface area (Å²) >= 11 is 0. The molecule has 2 aliphatic rings. The Hall–Kier alpha value is -3.26. The predicted octanol–water partition coefficient (Wildman–Crippen LogP) is 4.43. The van der Waals surface area contributed by atoms with Crippen molar-refractivity contribution < 1.29 is 4.79 Å². The number of hydrogen-bond acceptors (Lipinski definition) is 6. The number of rotatable bonds is 6. The molecule has 5 rings (SSSR count). The van der Waals surface area contributed by atoms with Crippen LogP contribution in [-0.4, -0.2) is 57.5 Å². The lowest BCUT2D eigenvalue weighted by Gasteiger charge is -2.53.